The molecule has 1 fully saturated rings. The Morgan fingerprint density at radius 3 is 2.60 bits per heavy atom. The van der Waals surface area contributed by atoms with E-state index >= 15 is 0 Å². The molecule has 2 aromatic rings. The lowest BCUT2D eigenvalue weighted by atomic mass is 10.2. The molecule has 0 bridgehead atoms. The van der Waals surface area contributed by atoms with E-state index < -0.39 is 0 Å². The van der Waals surface area contributed by atoms with Crippen LogP contribution in [0.15, 0.2) is 40.8 Å². The Labute approximate surface area is 147 Å². The number of nitrogens with one attached hydrogen (secondary N) is 2. The number of quaternary nitrogens is 1. The van der Waals surface area contributed by atoms with Crippen LogP contribution >= 0.6 is 0 Å². The summed E-state index contributed by atoms with van der Waals surface area (Å²) < 4.78 is 5.54. The van der Waals surface area contributed by atoms with Crippen molar-refractivity contribution in [2.75, 3.05) is 30.4 Å². The first kappa shape index (κ1) is 17.2. The minimum Gasteiger partial charge on any atom is -0.460 e. The van der Waals surface area contributed by atoms with E-state index in [1.54, 1.807) is 4.90 Å². The van der Waals surface area contributed by atoms with Gasteiger partial charge in [-0.15, -0.1) is 0 Å². The van der Waals surface area contributed by atoms with Crippen LogP contribution in [0.3, 0.4) is 0 Å². The Kier molecular flexibility index (Phi) is 5.19. The van der Waals surface area contributed by atoms with Crippen LogP contribution < -0.4 is 15.1 Å². The van der Waals surface area contributed by atoms with Crippen molar-refractivity contribution in [1.29, 1.82) is 0 Å². The summed E-state index contributed by atoms with van der Waals surface area (Å²) in [5, 5.41) is 2.90. The van der Waals surface area contributed by atoms with E-state index in [0.717, 1.165) is 40.8 Å². The predicted octanol–water partition coefficient (Wildman–Crippen LogP) is 1.37. The van der Waals surface area contributed by atoms with Gasteiger partial charge in [-0.1, -0.05) is 0 Å². The number of anilines is 2. The van der Waals surface area contributed by atoms with Gasteiger partial charge in [0.15, 0.2) is 12.3 Å². The highest BCUT2D eigenvalue weighted by molar-refractivity contribution is 5.96. The summed E-state index contributed by atoms with van der Waals surface area (Å²) in [6, 6.07) is 11.3. The lowest BCUT2D eigenvalue weighted by Crippen LogP contribution is -3.08. The van der Waals surface area contributed by atoms with Crippen molar-refractivity contribution in [3.8, 4) is 0 Å². The van der Waals surface area contributed by atoms with Gasteiger partial charge in [-0.3, -0.25) is 9.59 Å². The van der Waals surface area contributed by atoms with Crippen molar-refractivity contribution in [2.45, 2.75) is 26.3 Å². The van der Waals surface area contributed by atoms with Gasteiger partial charge in [0.25, 0.3) is 5.91 Å². The quantitative estimate of drug-likeness (QED) is 0.833. The molecular weight excluding hydrogens is 318 g/mol. The van der Waals surface area contributed by atoms with E-state index in [4.69, 9.17) is 4.42 Å². The van der Waals surface area contributed by atoms with E-state index in [0.29, 0.717) is 19.5 Å². The average molecular weight is 342 g/mol. The van der Waals surface area contributed by atoms with Crippen molar-refractivity contribution >= 4 is 23.2 Å². The fourth-order valence-corrected chi connectivity index (χ4v) is 3.07. The molecule has 0 radical (unpaired) electrons. The van der Waals surface area contributed by atoms with Gasteiger partial charge < -0.3 is 19.5 Å². The number of hydrogen-bond acceptors (Lipinski definition) is 3. The molecule has 1 aromatic carbocycles. The van der Waals surface area contributed by atoms with Crippen LogP contribution in [0.4, 0.5) is 11.4 Å². The third kappa shape index (κ3) is 4.48. The Balaban J connectivity index is 1.51. The molecule has 1 unspecified atom stereocenters. The molecule has 1 aliphatic rings. The number of carbonyl (C=O) groups excluding carboxylic acids is 2. The molecule has 2 heterocycles. The maximum Gasteiger partial charge on any atom is 0.279 e. The van der Waals surface area contributed by atoms with E-state index in [-0.39, 0.29) is 11.8 Å². The molecule has 6 nitrogen and oxygen atoms in total. The van der Waals surface area contributed by atoms with Crippen LogP contribution in [0.5, 0.6) is 0 Å². The van der Waals surface area contributed by atoms with Crippen molar-refractivity contribution in [3.63, 3.8) is 0 Å². The third-order valence-corrected chi connectivity index (χ3v) is 4.27. The lowest BCUT2D eigenvalue weighted by molar-refractivity contribution is -0.886. The summed E-state index contributed by atoms with van der Waals surface area (Å²) in [5.41, 5.74) is 1.62. The highest BCUT2D eigenvalue weighted by Gasteiger charge is 2.21. The largest absolute Gasteiger partial charge is 0.460 e. The zero-order valence-corrected chi connectivity index (χ0v) is 14.7. The predicted molar refractivity (Wildman–Crippen MR) is 95.6 cm³/mol. The molecule has 25 heavy (non-hydrogen) atoms. The number of amides is 2. The molecule has 6 heteroatoms. The standard InChI is InChI=1S/C19H23N3O3/c1-14-5-10-17(25-14)12-21(2)13-18(23)20-15-6-8-16(9-7-15)22-11-3-4-19(22)24/h5-10H,3-4,11-13H2,1-2H3,(H,20,23)/p+1. The first-order chi connectivity index (χ1) is 12.0. The zero-order chi connectivity index (χ0) is 17.8. The number of benzene rings is 1. The summed E-state index contributed by atoms with van der Waals surface area (Å²) in [6.45, 7) is 3.69. The van der Waals surface area contributed by atoms with Crippen molar-refractivity contribution in [1.82, 2.24) is 0 Å². The molecule has 1 saturated heterocycles. The van der Waals surface area contributed by atoms with Gasteiger partial charge in [0, 0.05) is 24.3 Å². The van der Waals surface area contributed by atoms with Gasteiger partial charge >= 0.3 is 0 Å². The first-order valence-corrected chi connectivity index (χ1v) is 8.58. The maximum atomic E-state index is 12.2. The molecule has 1 atom stereocenters. The molecule has 1 aliphatic heterocycles. The van der Waals surface area contributed by atoms with Gasteiger partial charge in [0.05, 0.1) is 7.05 Å². The zero-order valence-electron chi connectivity index (χ0n) is 14.7. The van der Waals surface area contributed by atoms with Gasteiger partial charge in [-0.2, -0.15) is 0 Å². The molecule has 132 valence electrons. The minimum absolute atomic E-state index is 0.0502. The van der Waals surface area contributed by atoms with E-state index in [1.807, 2.05) is 50.4 Å². The molecule has 1 aromatic heterocycles. The van der Waals surface area contributed by atoms with Crippen LogP contribution in [0.1, 0.15) is 24.4 Å². The summed E-state index contributed by atoms with van der Waals surface area (Å²) in [7, 11) is 1.96. The summed E-state index contributed by atoms with van der Waals surface area (Å²) in [5.74, 6) is 1.87. The number of rotatable bonds is 6. The average Bonchev–Trinajstić information content (AvgIpc) is 3.16. The summed E-state index contributed by atoms with van der Waals surface area (Å²) in [6.07, 6.45) is 1.52. The van der Waals surface area contributed by atoms with Gasteiger partial charge in [-0.05, 0) is 49.7 Å². The Bertz CT molecular complexity index is 752. The van der Waals surface area contributed by atoms with E-state index in [2.05, 4.69) is 5.32 Å². The van der Waals surface area contributed by atoms with Crippen LogP contribution in [0, 0.1) is 6.92 Å². The number of nitrogens with zero attached hydrogens (tertiary/aromatic N) is 1. The van der Waals surface area contributed by atoms with E-state index in [9.17, 15) is 9.59 Å². The molecule has 2 amide bonds. The van der Waals surface area contributed by atoms with Crippen LogP contribution in [-0.2, 0) is 16.1 Å². The highest BCUT2D eigenvalue weighted by Crippen LogP contribution is 2.22. The minimum atomic E-state index is -0.0502. The van der Waals surface area contributed by atoms with Crippen molar-refractivity contribution < 1.29 is 18.9 Å². The number of likely N-dealkylation sites (N-methyl/N-ethyl adjacent to an activating group) is 1. The van der Waals surface area contributed by atoms with Crippen LogP contribution in [-0.4, -0.2) is 32.0 Å². The summed E-state index contributed by atoms with van der Waals surface area (Å²) in [4.78, 5) is 26.8. The molecule has 3 rings (SSSR count). The fourth-order valence-electron chi connectivity index (χ4n) is 3.07. The first-order valence-electron chi connectivity index (χ1n) is 8.58. The Morgan fingerprint density at radius 2 is 2.00 bits per heavy atom. The van der Waals surface area contributed by atoms with Gasteiger partial charge in [0.2, 0.25) is 5.91 Å². The Morgan fingerprint density at radius 1 is 1.24 bits per heavy atom. The molecule has 0 saturated carbocycles. The molecule has 0 aliphatic carbocycles. The van der Waals surface area contributed by atoms with E-state index in [1.165, 1.54) is 0 Å². The molecule has 0 spiro atoms. The smallest absolute Gasteiger partial charge is 0.279 e. The van der Waals surface area contributed by atoms with Crippen LogP contribution in [0.2, 0.25) is 0 Å². The SMILES string of the molecule is Cc1ccc(C[NH+](C)CC(=O)Nc2ccc(N3CCCC3=O)cc2)o1. The summed E-state index contributed by atoms with van der Waals surface area (Å²) >= 11 is 0. The maximum absolute atomic E-state index is 12.2. The number of carbonyl (C=O) groups is 2. The second-order valence-corrected chi connectivity index (χ2v) is 6.57. The number of aryl methyl sites for hydroxylation is 1. The van der Waals surface area contributed by atoms with Crippen LogP contribution in [0.25, 0.3) is 0 Å². The lowest BCUT2D eigenvalue weighted by Gasteiger charge is -2.16. The Hall–Kier alpha value is -2.60. The molecule has 2 N–H and O–H groups in total. The monoisotopic (exact) mass is 342 g/mol. The number of furan rings is 1. The second-order valence-electron chi connectivity index (χ2n) is 6.57. The van der Waals surface area contributed by atoms with Crippen molar-refractivity contribution in [3.05, 3.63) is 47.9 Å². The topological polar surface area (TPSA) is 67.0 Å². The highest BCUT2D eigenvalue weighted by atomic mass is 16.3. The molecular formula is C19H24N3O3+. The third-order valence-electron chi connectivity index (χ3n) is 4.27. The normalized spacial score (nSPS) is 15.4. The fraction of sp³-hybridized carbons (Fsp3) is 0.368. The van der Waals surface area contributed by atoms with Gasteiger partial charge in [-0.25, -0.2) is 0 Å². The van der Waals surface area contributed by atoms with Gasteiger partial charge in [0.1, 0.15) is 12.3 Å². The number of hydrogen-bond donors (Lipinski definition) is 2. The second kappa shape index (κ2) is 7.53. The van der Waals surface area contributed by atoms with Crippen molar-refractivity contribution in [2.24, 2.45) is 0 Å².